The molecule has 6 heteroatoms. The van der Waals surface area contributed by atoms with Gasteiger partial charge in [0, 0.05) is 11.8 Å². The highest BCUT2D eigenvalue weighted by Gasteiger charge is 2.28. The van der Waals surface area contributed by atoms with Crippen molar-refractivity contribution in [2.24, 2.45) is 0 Å². The third-order valence-electron chi connectivity index (χ3n) is 1.08. The molecule has 0 saturated carbocycles. The maximum absolute atomic E-state index is 12.5. The second-order valence-corrected chi connectivity index (χ2v) is 2.59. The van der Waals surface area contributed by atoms with Crippen LogP contribution in [0.5, 0.6) is 0 Å². The molecule has 0 spiro atoms. The number of hydrogen-bond acceptors (Lipinski definition) is 1. The summed E-state index contributed by atoms with van der Waals surface area (Å²) >= 11 is 10.0. The molecule has 0 N–H and O–H groups in total. The third-order valence-corrected chi connectivity index (χ3v) is 1.71. The highest BCUT2D eigenvalue weighted by molar-refractivity contribution is 6.32. The Morgan fingerprint density at radius 3 is 2.55 bits per heavy atom. The van der Waals surface area contributed by atoms with Gasteiger partial charge in [-0.05, 0) is 0 Å². The third kappa shape index (κ3) is 1.46. The lowest BCUT2D eigenvalue weighted by Gasteiger charge is -2.19. The number of halogens is 5. The van der Waals surface area contributed by atoms with Crippen LogP contribution in [0.15, 0.2) is 22.9 Å². The predicted octanol–water partition coefficient (Wildman–Crippen LogP) is 2.98. The molecule has 0 radical (unpaired) electrons. The molecule has 1 aliphatic rings. The second-order valence-electron chi connectivity index (χ2n) is 1.82. The van der Waals surface area contributed by atoms with Gasteiger partial charge >= 0.3 is 0 Å². The fourth-order valence-electron chi connectivity index (χ4n) is 0.557. The SMILES string of the molecule is FC1=CN(Cl)C(F)C(F)=C1Cl. The highest BCUT2D eigenvalue weighted by atomic mass is 35.5. The average Bonchev–Trinajstić information content (AvgIpc) is 1.97. The van der Waals surface area contributed by atoms with Crippen LogP contribution in [-0.4, -0.2) is 10.7 Å². The predicted molar refractivity (Wildman–Crippen MR) is 35.8 cm³/mol. The van der Waals surface area contributed by atoms with E-state index in [-0.39, 0.29) is 4.42 Å². The van der Waals surface area contributed by atoms with E-state index in [2.05, 4.69) is 0 Å². The van der Waals surface area contributed by atoms with Crippen molar-refractivity contribution in [2.75, 3.05) is 0 Å². The van der Waals surface area contributed by atoms with Gasteiger partial charge in [-0.1, -0.05) is 11.6 Å². The van der Waals surface area contributed by atoms with E-state index in [0.29, 0.717) is 6.20 Å². The van der Waals surface area contributed by atoms with Crippen molar-refractivity contribution in [3.8, 4) is 0 Å². The zero-order chi connectivity index (χ0) is 8.59. The molecule has 1 nitrogen and oxygen atoms in total. The van der Waals surface area contributed by atoms with Crippen LogP contribution in [0.1, 0.15) is 0 Å². The lowest BCUT2D eigenvalue weighted by Crippen LogP contribution is -2.22. The van der Waals surface area contributed by atoms with Crippen LogP contribution in [0.2, 0.25) is 0 Å². The molecule has 0 fully saturated rings. The number of nitrogens with zero attached hydrogens (tertiary/aromatic N) is 1. The van der Waals surface area contributed by atoms with Gasteiger partial charge in [0.05, 0.1) is 6.20 Å². The van der Waals surface area contributed by atoms with E-state index < -0.39 is 23.0 Å². The minimum absolute atomic E-state index is 0.233. The van der Waals surface area contributed by atoms with Gasteiger partial charge in [0.25, 0.3) is 0 Å². The first-order chi connectivity index (χ1) is 5.04. The summed E-state index contributed by atoms with van der Waals surface area (Å²) < 4.78 is 37.5. The first kappa shape index (κ1) is 8.74. The zero-order valence-electron chi connectivity index (χ0n) is 4.99. The molecule has 62 valence electrons. The Labute approximate surface area is 70.8 Å². The molecule has 1 unspecified atom stereocenters. The number of rotatable bonds is 0. The van der Waals surface area contributed by atoms with Gasteiger partial charge < -0.3 is 0 Å². The van der Waals surface area contributed by atoms with Gasteiger partial charge in [-0.2, -0.15) is 0 Å². The van der Waals surface area contributed by atoms with E-state index in [4.69, 9.17) is 23.4 Å². The van der Waals surface area contributed by atoms with Crippen LogP contribution in [0.25, 0.3) is 0 Å². The number of hydrogen-bond donors (Lipinski definition) is 0. The number of allylic oxidation sites excluding steroid dienone is 2. The van der Waals surface area contributed by atoms with Crippen molar-refractivity contribution >= 4 is 23.4 Å². The summed E-state index contributed by atoms with van der Waals surface area (Å²) in [7, 11) is 0. The van der Waals surface area contributed by atoms with Crippen molar-refractivity contribution in [3.05, 3.63) is 22.9 Å². The molecule has 0 bridgehead atoms. The van der Waals surface area contributed by atoms with Crippen LogP contribution in [0.3, 0.4) is 0 Å². The van der Waals surface area contributed by atoms with E-state index in [0.717, 1.165) is 0 Å². The van der Waals surface area contributed by atoms with Crippen molar-refractivity contribution < 1.29 is 13.2 Å². The minimum atomic E-state index is -2.20. The minimum Gasteiger partial charge on any atom is -0.251 e. The molecule has 0 aromatic rings. The topological polar surface area (TPSA) is 3.24 Å². The van der Waals surface area contributed by atoms with Gasteiger partial charge in [0.2, 0.25) is 6.30 Å². The van der Waals surface area contributed by atoms with E-state index >= 15 is 0 Å². The fourth-order valence-corrected chi connectivity index (χ4v) is 0.868. The lowest BCUT2D eigenvalue weighted by molar-refractivity contribution is 0.208. The van der Waals surface area contributed by atoms with Gasteiger partial charge in [-0.25, -0.2) is 13.2 Å². The maximum Gasteiger partial charge on any atom is 0.239 e. The summed E-state index contributed by atoms with van der Waals surface area (Å²) in [4.78, 5) is 0. The molecule has 0 aromatic heterocycles. The molecule has 11 heavy (non-hydrogen) atoms. The molecule has 0 aromatic carbocycles. The molecular weight excluding hydrogens is 202 g/mol. The Morgan fingerprint density at radius 1 is 1.45 bits per heavy atom. The Hall–Kier alpha value is -0.350. The Balaban J connectivity index is 3.02. The zero-order valence-corrected chi connectivity index (χ0v) is 6.50. The highest BCUT2D eigenvalue weighted by Crippen LogP contribution is 2.32. The van der Waals surface area contributed by atoms with Crippen LogP contribution < -0.4 is 0 Å². The standard InChI is InChI=1S/C5H2Cl2F3N/c6-3-2(8)1-11(7)5(10)4(3)9/h1,5H. The summed E-state index contributed by atoms with van der Waals surface area (Å²) in [5, 5.41) is -0.866. The monoisotopic (exact) mass is 203 g/mol. The Kier molecular flexibility index (Phi) is 2.34. The summed E-state index contributed by atoms with van der Waals surface area (Å²) in [6.45, 7) is 0. The summed E-state index contributed by atoms with van der Waals surface area (Å²) in [5.41, 5.74) is 0. The maximum atomic E-state index is 12.5. The van der Waals surface area contributed by atoms with Crippen LogP contribution >= 0.6 is 23.4 Å². The normalized spacial score (nSPS) is 25.7. The largest absolute Gasteiger partial charge is 0.251 e. The van der Waals surface area contributed by atoms with Gasteiger partial charge in [-0.3, -0.25) is 4.42 Å². The quantitative estimate of drug-likeness (QED) is 0.433. The first-order valence-electron chi connectivity index (χ1n) is 2.55. The van der Waals surface area contributed by atoms with Crippen molar-refractivity contribution in [3.63, 3.8) is 0 Å². The Bertz CT molecular complexity index is 238. The van der Waals surface area contributed by atoms with Crippen LogP contribution in [0, 0.1) is 0 Å². The van der Waals surface area contributed by atoms with Crippen LogP contribution in [0.4, 0.5) is 13.2 Å². The van der Waals surface area contributed by atoms with Crippen LogP contribution in [-0.2, 0) is 0 Å². The first-order valence-corrected chi connectivity index (χ1v) is 3.26. The molecule has 0 amide bonds. The number of alkyl halides is 1. The van der Waals surface area contributed by atoms with Crippen molar-refractivity contribution in [1.29, 1.82) is 0 Å². The lowest BCUT2D eigenvalue weighted by atomic mass is 10.3. The summed E-state index contributed by atoms with van der Waals surface area (Å²) in [6, 6.07) is 0. The average molecular weight is 204 g/mol. The molecule has 1 heterocycles. The van der Waals surface area contributed by atoms with E-state index in [1.807, 2.05) is 0 Å². The summed E-state index contributed by atoms with van der Waals surface area (Å²) in [6.07, 6.45) is -1.64. The van der Waals surface area contributed by atoms with E-state index in [9.17, 15) is 13.2 Å². The van der Waals surface area contributed by atoms with Gasteiger partial charge in [0.1, 0.15) is 5.03 Å². The molecule has 0 saturated heterocycles. The van der Waals surface area contributed by atoms with Crippen molar-refractivity contribution in [2.45, 2.75) is 6.30 Å². The van der Waals surface area contributed by atoms with Crippen molar-refractivity contribution in [1.82, 2.24) is 4.42 Å². The molecular formula is C5H2Cl2F3N. The molecule has 0 aliphatic carbocycles. The smallest absolute Gasteiger partial charge is 0.239 e. The second kappa shape index (κ2) is 2.95. The summed E-state index contributed by atoms with van der Waals surface area (Å²) in [5.74, 6) is -2.50. The van der Waals surface area contributed by atoms with E-state index in [1.165, 1.54) is 0 Å². The molecule has 1 atom stereocenters. The molecule has 1 aliphatic heterocycles. The van der Waals surface area contributed by atoms with Gasteiger partial charge in [-0.15, -0.1) is 0 Å². The van der Waals surface area contributed by atoms with E-state index in [1.54, 1.807) is 0 Å². The fraction of sp³-hybridized carbons (Fsp3) is 0.200. The molecule has 1 rings (SSSR count). The van der Waals surface area contributed by atoms with Gasteiger partial charge in [0.15, 0.2) is 11.7 Å². The Morgan fingerprint density at radius 2 is 2.00 bits per heavy atom.